The zero-order valence-corrected chi connectivity index (χ0v) is 18.8. The molecule has 1 N–H and O–H groups in total. The summed E-state index contributed by atoms with van der Waals surface area (Å²) in [5.74, 6) is 1.01. The fraction of sp³-hybridized carbons (Fsp3) is 0.381. The minimum absolute atomic E-state index is 0.162. The topological polar surface area (TPSA) is 65.5 Å². The Labute approximate surface area is 188 Å². The standard InChI is InChI=1S/C21H23F3N4O2S2/c22-21(23,24)16-5-3-6-17(15-16)32(29,30)25-9-4-10-27-11-13-28(14-12-27)20-18-7-1-2-8-19(18)31-26-20/h1-3,5-8,15,25H,4,9-14H2. The second-order valence-corrected chi connectivity index (χ2v) is 10.2. The van der Waals surface area contributed by atoms with Crippen molar-refractivity contribution in [2.24, 2.45) is 0 Å². The van der Waals surface area contributed by atoms with E-state index >= 15 is 0 Å². The molecular weight excluding hydrogens is 461 g/mol. The van der Waals surface area contributed by atoms with E-state index in [1.807, 2.05) is 12.1 Å². The maximum Gasteiger partial charge on any atom is 0.416 e. The molecule has 0 aliphatic carbocycles. The number of piperazine rings is 1. The molecule has 2 heterocycles. The van der Waals surface area contributed by atoms with Crippen LogP contribution in [0, 0.1) is 0 Å². The van der Waals surface area contributed by atoms with Crippen molar-refractivity contribution in [3.8, 4) is 0 Å². The van der Waals surface area contributed by atoms with Crippen molar-refractivity contribution in [3.63, 3.8) is 0 Å². The first kappa shape index (κ1) is 23.0. The largest absolute Gasteiger partial charge is 0.416 e. The minimum atomic E-state index is -4.58. The molecule has 6 nitrogen and oxygen atoms in total. The van der Waals surface area contributed by atoms with Crippen LogP contribution in [0.4, 0.5) is 19.0 Å². The number of hydrogen-bond donors (Lipinski definition) is 1. The summed E-state index contributed by atoms with van der Waals surface area (Å²) in [4.78, 5) is 4.14. The zero-order chi connectivity index (χ0) is 22.8. The quantitative estimate of drug-likeness (QED) is 0.517. The Bertz CT molecular complexity index is 1170. The summed E-state index contributed by atoms with van der Waals surface area (Å²) >= 11 is 1.49. The van der Waals surface area contributed by atoms with E-state index in [2.05, 4.69) is 31.0 Å². The molecule has 1 aromatic heterocycles. The van der Waals surface area contributed by atoms with Crippen molar-refractivity contribution in [1.82, 2.24) is 14.0 Å². The van der Waals surface area contributed by atoms with Gasteiger partial charge < -0.3 is 4.90 Å². The number of benzene rings is 2. The summed E-state index contributed by atoms with van der Waals surface area (Å²) in [6.45, 7) is 4.22. The highest BCUT2D eigenvalue weighted by Crippen LogP contribution is 2.31. The van der Waals surface area contributed by atoms with Crippen LogP contribution in [0.5, 0.6) is 0 Å². The first-order valence-corrected chi connectivity index (χ1v) is 12.5. The lowest BCUT2D eigenvalue weighted by Crippen LogP contribution is -2.47. The highest BCUT2D eigenvalue weighted by atomic mass is 32.2. The van der Waals surface area contributed by atoms with Crippen LogP contribution >= 0.6 is 11.5 Å². The highest BCUT2D eigenvalue weighted by molar-refractivity contribution is 7.89. The van der Waals surface area contributed by atoms with Gasteiger partial charge in [-0.1, -0.05) is 18.2 Å². The van der Waals surface area contributed by atoms with Crippen LogP contribution in [0.15, 0.2) is 53.4 Å². The van der Waals surface area contributed by atoms with Gasteiger partial charge in [-0.15, -0.1) is 0 Å². The third kappa shape index (κ3) is 5.22. The molecule has 1 aliphatic rings. The Morgan fingerprint density at radius 1 is 1.03 bits per heavy atom. The van der Waals surface area contributed by atoms with E-state index in [0.717, 1.165) is 54.2 Å². The number of hydrogen-bond acceptors (Lipinski definition) is 6. The molecule has 0 atom stereocenters. The van der Waals surface area contributed by atoms with Crippen molar-refractivity contribution in [1.29, 1.82) is 0 Å². The average Bonchev–Trinajstić information content (AvgIpc) is 3.21. The Morgan fingerprint density at radius 2 is 1.78 bits per heavy atom. The minimum Gasteiger partial charge on any atom is -0.353 e. The van der Waals surface area contributed by atoms with Gasteiger partial charge >= 0.3 is 6.18 Å². The molecule has 0 radical (unpaired) electrons. The molecule has 0 spiro atoms. The maximum atomic E-state index is 12.8. The third-order valence-electron chi connectivity index (χ3n) is 5.45. The molecule has 3 aromatic rings. The summed E-state index contributed by atoms with van der Waals surface area (Å²) in [5, 5.41) is 1.16. The molecule has 0 unspecified atom stereocenters. The second kappa shape index (κ2) is 9.34. The summed E-state index contributed by atoms with van der Waals surface area (Å²) in [7, 11) is -3.99. The van der Waals surface area contributed by atoms with Crippen LogP contribution in [-0.4, -0.2) is 57.0 Å². The first-order chi connectivity index (χ1) is 15.2. The fourth-order valence-corrected chi connectivity index (χ4v) is 5.63. The zero-order valence-electron chi connectivity index (χ0n) is 17.2. The maximum absolute atomic E-state index is 12.8. The van der Waals surface area contributed by atoms with Gasteiger partial charge in [-0.25, -0.2) is 13.1 Å². The molecule has 4 rings (SSSR count). The lowest BCUT2D eigenvalue weighted by molar-refractivity contribution is -0.137. The summed E-state index contributed by atoms with van der Waals surface area (Å²) in [5.41, 5.74) is -0.980. The van der Waals surface area contributed by atoms with Gasteiger partial charge in [-0.2, -0.15) is 17.5 Å². The van der Waals surface area contributed by atoms with Crippen molar-refractivity contribution in [2.75, 3.05) is 44.2 Å². The van der Waals surface area contributed by atoms with E-state index in [1.165, 1.54) is 17.6 Å². The molecule has 1 fully saturated rings. The smallest absolute Gasteiger partial charge is 0.353 e. The Hall–Kier alpha value is -2.21. The second-order valence-electron chi connectivity index (χ2n) is 7.61. The Balaban J connectivity index is 1.24. The number of fused-ring (bicyclic) bond motifs is 1. The number of anilines is 1. The van der Waals surface area contributed by atoms with Gasteiger partial charge in [0.25, 0.3) is 0 Å². The van der Waals surface area contributed by atoms with E-state index in [1.54, 1.807) is 0 Å². The van der Waals surface area contributed by atoms with Crippen molar-refractivity contribution >= 4 is 37.5 Å². The number of aromatic nitrogens is 1. The first-order valence-electron chi connectivity index (χ1n) is 10.2. The van der Waals surface area contributed by atoms with E-state index in [-0.39, 0.29) is 11.4 Å². The van der Waals surface area contributed by atoms with E-state index < -0.39 is 21.8 Å². The van der Waals surface area contributed by atoms with E-state index in [0.29, 0.717) is 19.0 Å². The van der Waals surface area contributed by atoms with Crippen LogP contribution in [0.1, 0.15) is 12.0 Å². The normalized spacial score (nSPS) is 16.0. The van der Waals surface area contributed by atoms with Gasteiger partial charge in [0.1, 0.15) is 5.82 Å². The van der Waals surface area contributed by atoms with Crippen molar-refractivity contribution in [2.45, 2.75) is 17.5 Å². The van der Waals surface area contributed by atoms with Gasteiger partial charge in [0.2, 0.25) is 10.0 Å². The van der Waals surface area contributed by atoms with Gasteiger partial charge in [0.15, 0.2) is 0 Å². The lowest BCUT2D eigenvalue weighted by atomic mass is 10.2. The van der Waals surface area contributed by atoms with Crippen LogP contribution in [0.3, 0.4) is 0 Å². The van der Waals surface area contributed by atoms with Gasteiger partial charge in [-0.05, 0) is 54.8 Å². The lowest BCUT2D eigenvalue weighted by Gasteiger charge is -2.35. The van der Waals surface area contributed by atoms with Crippen LogP contribution in [-0.2, 0) is 16.2 Å². The molecule has 11 heteroatoms. The number of sulfonamides is 1. The predicted octanol–water partition coefficient (Wildman–Crippen LogP) is 3.81. The fourth-order valence-electron chi connectivity index (χ4n) is 3.72. The molecule has 172 valence electrons. The molecule has 0 bridgehead atoms. The number of nitrogens with zero attached hydrogens (tertiary/aromatic N) is 3. The number of alkyl halides is 3. The number of nitrogens with one attached hydrogen (secondary N) is 1. The number of rotatable bonds is 7. The molecule has 1 saturated heterocycles. The molecule has 2 aromatic carbocycles. The highest BCUT2D eigenvalue weighted by Gasteiger charge is 2.31. The summed E-state index contributed by atoms with van der Waals surface area (Å²) in [6, 6.07) is 11.9. The molecular formula is C21H23F3N4O2S2. The third-order valence-corrected chi connectivity index (χ3v) is 7.72. The summed E-state index contributed by atoms with van der Waals surface area (Å²) in [6.07, 6.45) is -4.02. The predicted molar refractivity (Wildman–Crippen MR) is 120 cm³/mol. The Morgan fingerprint density at radius 3 is 2.53 bits per heavy atom. The van der Waals surface area contributed by atoms with Crippen LogP contribution in [0.25, 0.3) is 10.1 Å². The van der Waals surface area contributed by atoms with E-state index in [9.17, 15) is 21.6 Å². The molecule has 0 amide bonds. The van der Waals surface area contributed by atoms with Crippen LogP contribution in [0.2, 0.25) is 0 Å². The van der Waals surface area contributed by atoms with Gasteiger partial charge in [0.05, 0.1) is 15.2 Å². The Kier molecular flexibility index (Phi) is 6.70. The van der Waals surface area contributed by atoms with Crippen molar-refractivity contribution < 1.29 is 21.6 Å². The monoisotopic (exact) mass is 484 g/mol. The van der Waals surface area contributed by atoms with Gasteiger partial charge in [0, 0.05) is 38.1 Å². The average molecular weight is 485 g/mol. The summed E-state index contributed by atoms with van der Waals surface area (Å²) < 4.78 is 71.4. The SMILES string of the molecule is O=S(=O)(NCCCN1CCN(c2nsc3ccccc23)CC1)c1cccc(C(F)(F)F)c1. The van der Waals surface area contributed by atoms with E-state index in [4.69, 9.17) is 0 Å². The van der Waals surface area contributed by atoms with Gasteiger partial charge in [-0.3, -0.25) is 4.90 Å². The molecule has 32 heavy (non-hydrogen) atoms. The van der Waals surface area contributed by atoms with Crippen LogP contribution < -0.4 is 9.62 Å². The molecule has 1 aliphatic heterocycles. The number of halogens is 3. The molecule has 0 saturated carbocycles. The van der Waals surface area contributed by atoms with Crippen molar-refractivity contribution in [3.05, 3.63) is 54.1 Å².